The van der Waals surface area contributed by atoms with Gasteiger partial charge in [-0.2, -0.15) is 5.10 Å². The van der Waals surface area contributed by atoms with E-state index in [1.165, 1.54) is 11.3 Å². The Morgan fingerprint density at radius 1 is 1.48 bits per heavy atom. The maximum Gasteiger partial charge on any atom is 0.255 e. The maximum absolute atomic E-state index is 12.3. The van der Waals surface area contributed by atoms with Gasteiger partial charge in [0.2, 0.25) is 11.8 Å². The van der Waals surface area contributed by atoms with Crippen LogP contribution in [-0.2, 0) is 9.59 Å². The van der Waals surface area contributed by atoms with Gasteiger partial charge in [-0.25, -0.2) is 4.68 Å². The zero-order valence-electron chi connectivity index (χ0n) is 10.9. The highest BCUT2D eigenvalue weighted by Gasteiger charge is 2.29. The molecular formula is C13H12N4O3S. The Labute approximate surface area is 124 Å². The normalized spacial score (nSPS) is 18.4. The summed E-state index contributed by atoms with van der Waals surface area (Å²) in [7, 11) is 0. The average molecular weight is 304 g/mol. The van der Waals surface area contributed by atoms with Gasteiger partial charge < -0.3 is 5.32 Å². The van der Waals surface area contributed by atoms with Gasteiger partial charge in [-0.1, -0.05) is 0 Å². The minimum absolute atomic E-state index is 0.229. The number of piperidine rings is 1. The molecule has 8 heteroatoms. The molecule has 108 valence electrons. The summed E-state index contributed by atoms with van der Waals surface area (Å²) in [6.45, 7) is 0. The highest BCUT2D eigenvalue weighted by molar-refractivity contribution is 7.13. The monoisotopic (exact) mass is 304 g/mol. The van der Waals surface area contributed by atoms with Crippen LogP contribution < -0.4 is 10.6 Å². The van der Waals surface area contributed by atoms with Gasteiger partial charge in [0.15, 0.2) is 0 Å². The molecule has 2 aromatic heterocycles. The Morgan fingerprint density at radius 2 is 2.33 bits per heavy atom. The summed E-state index contributed by atoms with van der Waals surface area (Å²) in [6.07, 6.45) is 3.92. The zero-order valence-corrected chi connectivity index (χ0v) is 11.7. The molecule has 0 bridgehead atoms. The van der Waals surface area contributed by atoms with Crippen LogP contribution in [0.25, 0.3) is 5.00 Å². The average Bonchev–Trinajstić information content (AvgIpc) is 3.10. The summed E-state index contributed by atoms with van der Waals surface area (Å²) in [5, 5.41) is 11.4. The van der Waals surface area contributed by atoms with E-state index in [0.717, 1.165) is 0 Å². The third kappa shape index (κ3) is 2.70. The first-order valence-electron chi connectivity index (χ1n) is 6.37. The molecule has 1 unspecified atom stereocenters. The Hall–Kier alpha value is -2.48. The molecule has 3 rings (SSSR count). The van der Waals surface area contributed by atoms with Crippen LogP contribution in [0, 0.1) is 0 Å². The Morgan fingerprint density at radius 3 is 3.05 bits per heavy atom. The molecule has 3 amide bonds. The van der Waals surface area contributed by atoms with Crippen LogP contribution in [0.15, 0.2) is 29.9 Å². The smallest absolute Gasteiger partial charge is 0.255 e. The molecule has 1 fully saturated rings. The molecule has 0 radical (unpaired) electrons. The number of aromatic nitrogens is 2. The van der Waals surface area contributed by atoms with Crippen molar-refractivity contribution < 1.29 is 14.4 Å². The van der Waals surface area contributed by atoms with E-state index in [2.05, 4.69) is 15.7 Å². The highest BCUT2D eigenvalue weighted by Crippen LogP contribution is 2.21. The first kappa shape index (κ1) is 13.5. The van der Waals surface area contributed by atoms with Crippen molar-refractivity contribution in [2.75, 3.05) is 0 Å². The van der Waals surface area contributed by atoms with Crippen LogP contribution in [-0.4, -0.2) is 33.5 Å². The number of hydrogen-bond donors (Lipinski definition) is 2. The number of rotatable bonds is 3. The van der Waals surface area contributed by atoms with Crippen LogP contribution in [0.1, 0.15) is 23.2 Å². The van der Waals surface area contributed by atoms with Crippen molar-refractivity contribution in [1.29, 1.82) is 0 Å². The van der Waals surface area contributed by atoms with Crippen LogP contribution in [0.5, 0.6) is 0 Å². The number of nitrogens with zero attached hydrogens (tertiary/aromatic N) is 2. The molecule has 2 N–H and O–H groups in total. The van der Waals surface area contributed by atoms with E-state index in [0.29, 0.717) is 17.0 Å². The molecule has 1 aliphatic rings. The Bertz CT molecular complexity index is 692. The van der Waals surface area contributed by atoms with Crippen molar-refractivity contribution in [2.45, 2.75) is 18.9 Å². The summed E-state index contributed by atoms with van der Waals surface area (Å²) in [5.41, 5.74) is 0.452. The SMILES string of the molecule is O=C1CCC(NC(=O)c2ccsc2-n2cccn2)C(=O)N1. The van der Waals surface area contributed by atoms with Gasteiger partial charge in [0.25, 0.3) is 5.91 Å². The fourth-order valence-electron chi connectivity index (χ4n) is 2.11. The van der Waals surface area contributed by atoms with E-state index < -0.39 is 11.9 Å². The maximum atomic E-state index is 12.3. The first-order chi connectivity index (χ1) is 10.1. The van der Waals surface area contributed by atoms with E-state index in [1.807, 2.05) is 0 Å². The van der Waals surface area contributed by atoms with Crippen LogP contribution in [0.4, 0.5) is 0 Å². The van der Waals surface area contributed by atoms with Gasteiger partial charge in [-0.3, -0.25) is 19.7 Å². The minimum Gasteiger partial charge on any atom is -0.340 e. The predicted molar refractivity (Wildman–Crippen MR) is 75.1 cm³/mol. The summed E-state index contributed by atoms with van der Waals surface area (Å²) in [6, 6.07) is 2.77. The van der Waals surface area contributed by atoms with Crippen LogP contribution in [0.3, 0.4) is 0 Å². The number of thiophene rings is 1. The quantitative estimate of drug-likeness (QED) is 0.806. The van der Waals surface area contributed by atoms with Crippen molar-refractivity contribution in [2.24, 2.45) is 0 Å². The number of carbonyl (C=O) groups is 3. The van der Waals surface area contributed by atoms with E-state index in [1.54, 1.807) is 34.6 Å². The molecule has 21 heavy (non-hydrogen) atoms. The number of amides is 3. The van der Waals surface area contributed by atoms with E-state index in [4.69, 9.17) is 0 Å². The number of imide groups is 1. The molecule has 3 heterocycles. The standard InChI is InChI=1S/C13H12N4O3S/c18-10-3-2-9(12(20)16-10)15-11(19)8-4-7-21-13(8)17-6-1-5-14-17/h1,4-7,9H,2-3H2,(H,15,19)(H,16,18,20). The molecule has 1 atom stereocenters. The van der Waals surface area contributed by atoms with Crippen molar-refractivity contribution in [1.82, 2.24) is 20.4 Å². The van der Waals surface area contributed by atoms with Gasteiger partial charge in [0, 0.05) is 18.8 Å². The largest absolute Gasteiger partial charge is 0.340 e. The summed E-state index contributed by atoms with van der Waals surface area (Å²) in [5.74, 6) is -1.12. The van der Waals surface area contributed by atoms with Gasteiger partial charge in [0.1, 0.15) is 11.0 Å². The third-order valence-corrected chi connectivity index (χ3v) is 4.05. The second kappa shape index (κ2) is 5.49. The fourth-order valence-corrected chi connectivity index (χ4v) is 2.94. The molecule has 1 saturated heterocycles. The minimum atomic E-state index is -0.680. The van der Waals surface area contributed by atoms with Crippen LogP contribution >= 0.6 is 11.3 Å². The van der Waals surface area contributed by atoms with Crippen LogP contribution in [0.2, 0.25) is 0 Å². The van der Waals surface area contributed by atoms with Gasteiger partial charge in [0.05, 0.1) is 5.56 Å². The number of hydrogen-bond acceptors (Lipinski definition) is 5. The second-order valence-electron chi connectivity index (χ2n) is 4.57. The number of carbonyl (C=O) groups excluding carboxylic acids is 3. The highest BCUT2D eigenvalue weighted by atomic mass is 32.1. The van der Waals surface area contributed by atoms with E-state index in [9.17, 15) is 14.4 Å². The number of nitrogens with one attached hydrogen (secondary N) is 2. The predicted octanol–water partition coefficient (Wildman–Crippen LogP) is 0.469. The van der Waals surface area contributed by atoms with Crippen molar-refractivity contribution in [3.63, 3.8) is 0 Å². The van der Waals surface area contributed by atoms with Crippen molar-refractivity contribution in [3.05, 3.63) is 35.5 Å². The lowest BCUT2D eigenvalue weighted by Gasteiger charge is -2.21. The molecule has 7 nitrogen and oxygen atoms in total. The van der Waals surface area contributed by atoms with E-state index in [-0.39, 0.29) is 18.2 Å². The third-order valence-electron chi connectivity index (χ3n) is 3.15. The van der Waals surface area contributed by atoms with Crippen molar-refractivity contribution >= 4 is 29.1 Å². The first-order valence-corrected chi connectivity index (χ1v) is 7.25. The molecule has 0 saturated carbocycles. The Balaban J connectivity index is 1.76. The zero-order chi connectivity index (χ0) is 14.8. The molecule has 1 aliphatic heterocycles. The lowest BCUT2D eigenvalue weighted by molar-refractivity contribution is -0.134. The lowest BCUT2D eigenvalue weighted by Crippen LogP contribution is -2.52. The summed E-state index contributed by atoms with van der Waals surface area (Å²) in [4.78, 5) is 35.1. The van der Waals surface area contributed by atoms with Gasteiger partial charge in [-0.15, -0.1) is 11.3 Å². The second-order valence-corrected chi connectivity index (χ2v) is 5.46. The summed E-state index contributed by atoms with van der Waals surface area (Å²) < 4.78 is 1.60. The molecule has 0 aromatic carbocycles. The van der Waals surface area contributed by atoms with Crippen molar-refractivity contribution in [3.8, 4) is 5.00 Å². The van der Waals surface area contributed by atoms with Gasteiger partial charge in [-0.05, 0) is 23.9 Å². The fraction of sp³-hybridized carbons (Fsp3) is 0.231. The van der Waals surface area contributed by atoms with E-state index >= 15 is 0 Å². The summed E-state index contributed by atoms with van der Waals surface area (Å²) >= 11 is 1.38. The lowest BCUT2D eigenvalue weighted by atomic mass is 10.1. The Kier molecular flexibility index (Phi) is 3.53. The molecular weight excluding hydrogens is 292 g/mol. The topological polar surface area (TPSA) is 93.1 Å². The molecule has 2 aromatic rings. The van der Waals surface area contributed by atoms with Gasteiger partial charge >= 0.3 is 0 Å². The molecule has 0 spiro atoms. The molecule has 0 aliphatic carbocycles.